The third kappa shape index (κ3) is 3.95. The summed E-state index contributed by atoms with van der Waals surface area (Å²) < 4.78 is 0. The number of rotatable bonds is 3. The van der Waals surface area contributed by atoms with Gasteiger partial charge in [-0.2, -0.15) is 0 Å². The number of hydrogen-bond acceptors (Lipinski definition) is 3. The van der Waals surface area contributed by atoms with Gasteiger partial charge in [0.05, 0.1) is 6.10 Å². The van der Waals surface area contributed by atoms with Gasteiger partial charge in [-0.05, 0) is 18.8 Å². The SMILES string of the molecule is CC(C)C(=O)NC(C(=O)N1CC(O)CC1C)C(C)(C)C. The summed E-state index contributed by atoms with van der Waals surface area (Å²) in [5.41, 5.74) is -0.366. The molecule has 0 saturated carbocycles. The summed E-state index contributed by atoms with van der Waals surface area (Å²) in [5, 5.41) is 12.5. The third-order valence-electron chi connectivity index (χ3n) is 3.76. The van der Waals surface area contributed by atoms with Crippen LogP contribution in [0.4, 0.5) is 0 Å². The Labute approximate surface area is 121 Å². The van der Waals surface area contributed by atoms with Crippen molar-refractivity contribution in [1.82, 2.24) is 10.2 Å². The third-order valence-corrected chi connectivity index (χ3v) is 3.76. The predicted molar refractivity (Wildman–Crippen MR) is 78.0 cm³/mol. The van der Waals surface area contributed by atoms with E-state index in [4.69, 9.17) is 0 Å². The molecule has 0 spiro atoms. The van der Waals surface area contributed by atoms with Crippen LogP contribution in [0.25, 0.3) is 0 Å². The highest BCUT2D eigenvalue weighted by Gasteiger charge is 2.40. The molecule has 0 radical (unpaired) electrons. The summed E-state index contributed by atoms with van der Waals surface area (Å²) in [6, 6.07) is -0.552. The molecule has 1 rings (SSSR count). The number of aliphatic hydroxyl groups excluding tert-OH is 1. The van der Waals surface area contributed by atoms with Crippen LogP contribution in [0.5, 0.6) is 0 Å². The molecule has 116 valence electrons. The van der Waals surface area contributed by atoms with Crippen molar-refractivity contribution in [2.24, 2.45) is 11.3 Å². The Hall–Kier alpha value is -1.10. The second-order valence-electron chi connectivity index (χ2n) is 7.19. The zero-order valence-corrected chi connectivity index (χ0v) is 13.4. The first-order chi connectivity index (χ1) is 9.04. The lowest BCUT2D eigenvalue weighted by molar-refractivity contribution is -0.140. The molecule has 3 atom stereocenters. The number of carbonyl (C=O) groups is 2. The molecule has 1 saturated heterocycles. The molecular weight excluding hydrogens is 256 g/mol. The van der Waals surface area contributed by atoms with Crippen LogP contribution in [0.15, 0.2) is 0 Å². The largest absolute Gasteiger partial charge is 0.391 e. The van der Waals surface area contributed by atoms with E-state index in [1.54, 1.807) is 4.90 Å². The molecule has 3 unspecified atom stereocenters. The van der Waals surface area contributed by atoms with Gasteiger partial charge in [0.15, 0.2) is 0 Å². The van der Waals surface area contributed by atoms with Crippen molar-refractivity contribution in [1.29, 1.82) is 0 Å². The van der Waals surface area contributed by atoms with Crippen LogP contribution in [0.1, 0.15) is 48.0 Å². The maximum absolute atomic E-state index is 12.7. The van der Waals surface area contributed by atoms with Gasteiger partial charge < -0.3 is 15.3 Å². The molecule has 0 aromatic heterocycles. The fourth-order valence-corrected chi connectivity index (χ4v) is 2.43. The topological polar surface area (TPSA) is 69.6 Å². The number of aliphatic hydroxyl groups is 1. The van der Waals surface area contributed by atoms with E-state index in [0.29, 0.717) is 13.0 Å². The number of β-amino-alcohol motifs (C(OH)–C–C–N with tert-alkyl or cyclic N) is 1. The van der Waals surface area contributed by atoms with Gasteiger partial charge >= 0.3 is 0 Å². The van der Waals surface area contributed by atoms with Gasteiger partial charge in [0.1, 0.15) is 6.04 Å². The minimum Gasteiger partial charge on any atom is -0.391 e. The Kier molecular flexibility index (Phi) is 5.19. The van der Waals surface area contributed by atoms with E-state index in [1.165, 1.54) is 0 Å². The average molecular weight is 284 g/mol. The van der Waals surface area contributed by atoms with Crippen LogP contribution in [0.3, 0.4) is 0 Å². The maximum atomic E-state index is 12.7. The molecule has 1 aliphatic rings. The summed E-state index contributed by atoms with van der Waals surface area (Å²) in [7, 11) is 0. The first-order valence-corrected chi connectivity index (χ1v) is 7.33. The van der Waals surface area contributed by atoms with Crippen molar-refractivity contribution in [3.05, 3.63) is 0 Å². The summed E-state index contributed by atoms with van der Waals surface area (Å²) >= 11 is 0. The van der Waals surface area contributed by atoms with Gasteiger partial charge in [-0.25, -0.2) is 0 Å². The fourth-order valence-electron chi connectivity index (χ4n) is 2.43. The quantitative estimate of drug-likeness (QED) is 0.817. The zero-order valence-electron chi connectivity index (χ0n) is 13.4. The van der Waals surface area contributed by atoms with E-state index in [2.05, 4.69) is 5.32 Å². The van der Waals surface area contributed by atoms with Crippen LogP contribution in [-0.2, 0) is 9.59 Å². The highest BCUT2D eigenvalue weighted by molar-refractivity contribution is 5.89. The molecule has 2 amide bonds. The predicted octanol–water partition coefficient (Wildman–Crippen LogP) is 1.15. The molecule has 20 heavy (non-hydrogen) atoms. The maximum Gasteiger partial charge on any atom is 0.246 e. The van der Waals surface area contributed by atoms with Gasteiger partial charge in [0.2, 0.25) is 11.8 Å². The van der Waals surface area contributed by atoms with Crippen molar-refractivity contribution in [2.75, 3.05) is 6.54 Å². The van der Waals surface area contributed by atoms with E-state index in [0.717, 1.165) is 0 Å². The molecule has 2 N–H and O–H groups in total. The second-order valence-corrected chi connectivity index (χ2v) is 7.19. The van der Waals surface area contributed by atoms with Gasteiger partial charge in [-0.1, -0.05) is 34.6 Å². The summed E-state index contributed by atoms with van der Waals surface area (Å²) in [4.78, 5) is 26.3. The van der Waals surface area contributed by atoms with Crippen molar-refractivity contribution < 1.29 is 14.7 Å². The molecule has 1 aliphatic heterocycles. The molecule has 0 aromatic carbocycles. The number of amides is 2. The summed E-state index contributed by atoms with van der Waals surface area (Å²) in [5.74, 6) is -0.379. The minimum absolute atomic E-state index is 0.0123. The number of nitrogens with zero attached hydrogens (tertiary/aromatic N) is 1. The minimum atomic E-state index is -0.565. The number of likely N-dealkylation sites (tertiary alicyclic amines) is 1. The molecule has 5 nitrogen and oxygen atoms in total. The summed E-state index contributed by atoms with van der Waals surface area (Å²) in [6.07, 6.45) is 0.135. The fraction of sp³-hybridized carbons (Fsp3) is 0.867. The van der Waals surface area contributed by atoms with Gasteiger partial charge in [-0.15, -0.1) is 0 Å². The van der Waals surface area contributed by atoms with Crippen LogP contribution in [0.2, 0.25) is 0 Å². The normalized spacial score (nSPS) is 24.9. The van der Waals surface area contributed by atoms with Crippen LogP contribution in [0, 0.1) is 11.3 Å². The monoisotopic (exact) mass is 284 g/mol. The molecule has 5 heteroatoms. The van der Waals surface area contributed by atoms with Gasteiger partial charge in [0, 0.05) is 18.5 Å². The van der Waals surface area contributed by atoms with Crippen molar-refractivity contribution >= 4 is 11.8 Å². The lowest BCUT2D eigenvalue weighted by Gasteiger charge is -2.35. The van der Waals surface area contributed by atoms with Crippen molar-refractivity contribution in [2.45, 2.75) is 66.2 Å². The van der Waals surface area contributed by atoms with E-state index in [-0.39, 0.29) is 29.2 Å². The Bertz CT molecular complexity index is 374. The van der Waals surface area contributed by atoms with Gasteiger partial charge in [0.25, 0.3) is 0 Å². The van der Waals surface area contributed by atoms with Gasteiger partial charge in [-0.3, -0.25) is 9.59 Å². The van der Waals surface area contributed by atoms with Crippen LogP contribution in [-0.4, -0.2) is 46.6 Å². The first kappa shape index (κ1) is 17.0. The van der Waals surface area contributed by atoms with Crippen LogP contribution < -0.4 is 5.32 Å². The Morgan fingerprint density at radius 3 is 2.20 bits per heavy atom. The molecule has 0 aliphatic carbocycles. The standard InChI is InChI=1S/C15H28N2O3/c1-9(2)13(19)16-12(15(4,5)6)14(20)17-8-11(18)7-10(17)3/h9-12,18H,7-8H2,1-6H3,(H,16,19). The van der Waals surface area contributed by atoms with Crippen LogP contribution >= 0.6 is 0 Å². The second kappa shape index (κ2) is 6.12. The lowest BCUT2D eigenvalue weighted by Crippen LogP contribution is -2.56. The number of carbonyl (C=O) groups excluding carboxylic acids is 2. The zero-order chi connectivity index (χ0) is 15.7. The van der Waals surface area contributed by atoms with Crippen molar-refractivity contribution in [3.8, 4) is 0 Å². The van der Waals surface area contributed by atoms with Crippen molar-refractivity contribution in [3.63, 3.8) is 0 Å². The highest BCUT2D eigenvalue weighted by atomic mass is 16.3. The first-order valence-electron chi connectivity index (χ1n) is 7.33. The highest BCUT2D eigenvalue weighted by Crippen LogP contribution is 2.25. The average Bonchev–Trinajstić information content (AvgIpc) is 2.62. The number of nitrogens with one attached hydrogen (secondary N) is 1. The molecule has 0 aromatic rings. The Morgan fingerprint density at radius 2 is 1.85 bits per heavy atom. The molecular formula is C15H28N2O3. The van der Waals surface area contributed by atoms with E-state index >= 15 is 0 Å². The molecule has 0 bridgehead atoms. The van der Waals surface area contributed by atoms with E-state index in [9.17, 15) is 14.7 Å². The lowest BCUT2D eigenvalue weighted by atomic mass is 9.85. The molecule has 1 fully saturated rings. The Morgan fingerprint density at radius 1 is 1.30 bits per heavy atom. The number of hydrogen-bond donors (Lipinski definition) is 2. The smallest absolute Gasteiger partial charge is 0.246 e. The summed E-state index contributed by atoms with van der Waals surface area (Å²) in [6.45, 7) is 11.7. The molecule has 1 heterocycles. The van der Waals surface area contributed by atoms with E-state index in [1.807, 2.05) is 41.5 Å². The Balaban J connectivity index is 2.89. The van der Waals surface area contributed by atoms with E-state index < -0.39 is 12.1 Å².